The van der Waals surface area contributed by atoms with E-state index in [1.165, 1.54) is 11.3 Å². The lowest BCUT2D eigenvalue weighted by atomic mass is 10.2. The van der Waals surface area contributed by atoms with Gasteiger partial charge in [-0.25, -0.2) is 4.98 Å². The molecule has 0 bridgehead atoms. The first-order valence-corrected chi connectivity index (χ1v) is 12.1. The molecule has 5 rings (SSSR count). The predicted molar refractivity (Wildman–Crippen MR) is 134 cm³/mol. The molecule has 0 spiro atoms. The second-order valence-corrected chi connectivity index (χ2v) is 8.85. The molecule has 3 aromatic rings. The summed E-state index contributed by atoms with van der Waals surface area (Å²) >= 11 is 1.47. The summed E-state index contributed by atoms with van der Waals surface area (Å²) in [5.41, 5.74) is 0.783. The number of ether oxygens (including phenoxy) is 4. The van der Waals surface area contributed by atoms with Crippen molar-refractivity contribution in [3.05, 3.63) is 36.4 Å². The number of carbonyl (C=O) groups is 1. The minimum Gasteiger partial charge on any atom is -0.486 e. The first-order valence-electron chi connectivity index (χ1n) is 11.3. The zero-order valence-electron chi connectivity index (χ0n) is 19.2. The lowest BCUT2D eigenvalue weighted by Gasteiger charge is -2.30. The highest BCUT2D eigenvalue weighted by atomic mass is 35.5. The summed E-state index contributed by atoms with van der Waals surface area (Å²) in [5, 5.41) is 0.631. The largest absolute Gasteiger partial charge is 0.486 e. The van der Waals surface area contributed by atoms with Gasteiger partial charge in [-0.2, -0.15) is 0 Å². The molecule has 0 aliphatic carbocycles. The van der Waals surface area contributed by atoms with Crippen molar-refractivity contribution in [1.82, 2.24) is 9.88 Å². The van der Waals surface area contributed by atoms with Crippen molar-refractivity contribution in [2.24, 2.45) is 0 Å². The van der Waals surface area contributed by atoms with Crippen LogP contribution in [0, 0.1) is 0 Å². The molecule has 10 heteroatoms. The normalized spacial score (nSPS) is 16.3. The second kappa shape index (κ2) is 10.7. The van der Waals surface area contributed by atoms with Gasteiger partial charge in [0.1, 0.15) is 19.8 Å². The maximum absolute atomic E-state index is 13.7. The molecule has 1 aromatic heterocycles. The Bertz CT molecular complexity index is 1110. The van der Waals surface area contributed by atoms with E-state index in [0.717, 1.165) is 29.9 Å². The first kappa shape index (κ1) is 24.4. The highest BCUT2D eigenvalue weighted by molar-refractivity contribution is 7.22. The maximum Gasteiger partial charge on any atom is 0.273 e. The molecule has 34 heavy (non-hydrogen) atoms. The predicted octanol–water partition coefficient (Wildman–Crippen LogP) is 4.00. The van der Waals surface area contributed by atoms with Gasteiger partial charge in [0, 0.05) is 25.2 Å². The third-order valence-electron chi connectivity index (χ3n) is 5.86. The summed E-state index contributed by atoms with van der Waals surface area (Å²) < 4.78 is 24.2. The summed E-state index contributed by atoms with van der Waals surface area (Å²) in [4.78, 5) is 22.4. The van der Waals surface area contributed by atoms with E-state index in [4.69, 9.17) is 23.9 Å². The number of para-hydroxylation sites is 2. The number of halogens is 1. The highest BCUT2D eigenvalue weighted by Crippen LogP contribution is 2.39. The van der Waals surface area contributed by atoms with E-state index >= 15 is 0 Å². The van der Waals surface area contributed by atoms with E-state index < -0.39 is 6.10 Å². The molecule has 3 heterocycles. The van der Waals surface area contributed by atoms with Crippen molar-refractivity contribution in [2.45, 2.75) is 20.0 Å². The van der Waals surface area contributed by atoms with Crippen molar-refractivity contribution >= 4 is 45.0 Å². The van der Waals surface area contributed by atoms with Crippen molar-refractivity contribution in [1.29, 1.82) is 0 Å². The fourth-order valence-corrected chi connectivity index (χ4v) is 4.97. The Balaban J connectivity index is 0.00000274. The summed E-state index contributed by atoms with van der Waals surface area (Å²) in [5.74, 6) is 2.48. The highest BCUT2D eigenvalue weighted by Gasteiger charge is 2.33. The maximum atomic E-state index is 13.7. The van der Waals surface area contributed by atoms with Crippen LogP contribution in [0.3, 0.4) is 0 Å². The number of thiazole rings is 1. The number of amides is 1. The molecule has 1 atom stereocenters. The van der Waals surface area contributed by atoms with Crippen molar-refractivity contribution < 1.29 is 23.7 Å². The van der Waals surface area contributed by atoms with E-state index in [-0.39, 0.29) is 24.9 Å². The number of hydrogen-bond donors (Lipinski definition) is 0. The minimum absolute atomic E-state index is 0. The zero-order valence-corrected chi connectivity index (χ0v) is 20.8. The third-order valence-corrected chi connectivity index (χ3v) is 6.90. The average Bonchev–Trinajstić information content (AvgIpc) is 3.27. The van der Waals surface area contributed by atoms with Gasteiger partial charge in [0.2, 0.25) is 6.10 Å². The van der Waals surface area contributed by atoms with Gasteiger partial charge < -0.3 is 23.8 Å². The summed E-state index contributed by atoms with van der Waals surface area (Å²) in [6.45, 7) is 8.52. The molecule has 2 aliphatic rings. The SMILES string of the molecule is CCN(CC)CCN(C(=O)C1COc2ccccc2O1)c1nc2cc3c(cc2s1)OCCO3.Cl. The molecule has 0 saturated heterocycles. The third kappa shape index (κ3) is 4.87. The van der Waals surface area contributed by atoms with Gasteiger partial charge >= 0.3 is 0 Å². The summed E-state index contributed by atoms with van der Waals surface area (Å²) in [7, 11) is 0. The standard InChI is InChI=1S/C24H27N3O5S.ClH/c1-3-26(4-2)9-10-27(23(28)21-15-31-17-7-5-6-8-18(17)32-21)24-25-16-13-19-20(14-22(16)33-24)30-12-11-29-19;/h5-8,13-14,21H,3-4,9-12,15H2,1-2H3;1H. The Morgan fingerprint density at radius 1 is 1.00 bits per heavy atom. The first-order chi connectivity index (χ1) is 16.2. The van der Waals surface area contributed by atoms with Crippen LogP contribution in [0.15, 0.2) is 36.4 Å². The number of carbonyl (C=O) groups excluding carboxylic acids is 1. The quantitative estimate of drug-likeness (QED) is 0.480. The fraction of sp³-hybridized carbons (Fsp3) is 0.417. The Morgan fingerprint density at radius 3 is 2.44 bits per heavy atom. The summed E-state index contributed by atoms with van der Waals surface area (Å²) in [6.07, 6.45) is -0.733. The van der Waals surface area contributed by atoms with Gasteiger partial charge in [0.15, 0.2) is 28.1 Å². The van der Waals surface area contributed by atoms with Gasteiger partial charge in [-0.05, 0) is 25.2 Å². The van der Waals surface area contributed by atoms with Crippen LogP contribution in [0.25, 0.3) is 10.2 Å². The molecule has 8 nitrogen and oxygen atoms in total. The number of nitrogens with zero attached hydrogens (tertiary/aromatic N) is 3. The van der Waals surface area contributed by atoms with Crippen LogP contribution >= 0.6 is 23.7 Å². The Hall–Kier alpha value is -2.75. The molecule has 1 unspecified atom stereocenters. The van der Waals surface area contributed by atoms with Crippen LogP contribution in [-0.2, 0) is 4.79 Å². The van der Waals surface area contributed by atoms with E-state index in [9.17, 15) is 4.79 Å². The number of rotatable bonds is 7. The Labute approximate surface area is 208 Å². The zero-order chi connectivity index (χ0) is 22.8. The number of fused-ring (bicyclic) bond motifs is 3. The number of benzene rings is 2. The molecule has 0 saturated carbocycles. The van der Waals surface area contributed by atoms with Gasteiger partial charge in [-0.1, -0.05) is 37.3 Å². The van der Waals surface area contributed by atoms with Crippen LogP contribution in [-0.4, -0.2) is 67.9 Å². The fourth-order valence-electron chi connectivity index (χ4n) is 3.96. The van der Waals surface area contributed by atoms with Gasteiger partial charge in [0.25, 0.3) is 5.91 Å². The molecule has 0 radical (unpaired) electrons. The molecule has 0 N–H and O–H groups in total. The number of likely N-dealkylation sites (N-methyl/N-ethyl adjacent to an activating group) is 1. The van der Waals surface area contributed by atoms with Crippen molar-refractivity contribution in [2.75, 3.05) is 50.9 Å². The monoisotopic (exact) mass is 505 g/mol. The van der Waals surface area contributed by atoms with Crippen molar-refractivity contribution in [3.8, 4) is 23.0 Å². The van der Waals surface area contributed by atoms with E-state index in [2.05, 4.69) is 18.7 Å². The smallest absolute Gasteiger partial charge is 0.273 e. The number of hydrogen-bond acceptors (Lipinski definition) is 8. The van der Waals surface area contributed by atoms with Gasteiger partial charge in [0.05, 0.1) is 10.2 Å². The lowest BCUT2D eigenvalue weighted by Crippen LogP contribution is -2.48. The van der Waals surface area contributed by atoms with E-state index in [1.807, 2.05) is 36.4 Å². The molecule has 182 valence electrons. The van der Waals surface area contributed by atoms with Crippen LogP contribution in [0.1, 0.15) is 13.8 Å². The molecular weight excluding hydrogens is 478 g/mol. The van der Waals surface area contributed by atoms with Crippen LogP contribution < -0.4 is 23.8 Å². The Morgan fingerprint density at radius 2 is 1.71 bits per heavy atom. The van der Waals surface area contributed by atoms with Crippen LogP contribution in [0.2, 0.25) is 0 Å². The van der Waals surface area contributed by atoms with Gasteiger partial charge in [-0.15, -0.1) is 12.4 Å². The number of anilines is 1. The van der Waals surface area contributed by atoms with E-state index in [0.29, 0.717) is 47.9 Å². The molecular formula is C24H28ClN3O5S. The lowest BCUT2D eigenvalue weighted by molar-refractivity contribution is -0.127. The topological polar surface area (TPSA) is 73.4 Å². The number of aromatic nitrogens is 1. The molecule has 0 fully saturated rings. The van der Waals surface area contributed by atoms with Crippen molar-refractivity contribution in [3.63, 3.8) is 0 Å². The van der Waals surface area contributed by atoms with Crippen LogP contribution in [0.4, 0.5) is 5.13 Å². The molecule has 2 aliphatic heterocycles. The molecule has 2 aromatic carbocycles. The minimum atomic E-state index is -0.733. The summed E-state index contributed by atoms with van der Waals surface area (Å²) in [6, 6.07) is 11.2. The second-order valence-electron chi connectivity index (χ2n) is 7.84. The van der Waals surface area contributed by atoms with Crippen LogP contribution in [0.5, 0.6) is 23.0 Å². The van der Waals surface area contributed by atoms with Gasteiger partial charge in [-0.3, -0.25) is 9.69 Å². The average molecular weight is 506 g/mol. The molecule has 1 amide bonds. The Kier molecular flexibility index (Phi) is 7.65. The van der Waals surface area contributed by atoms with E-state index in [1.54, 1.807) is 4.90 Å².